The lowest BCUT2D eigenvalue weighted by Crippen LogP contribution is -2.29. The number of likely N-dealkylation sites (tertiary alicyclic amines) is 1. The van der Waals surface area contributed by atoms with E-state index in [1.54, 1.807) is 43.3 Å². The highest BCUT2D eigenvalue weighted by atomic mass is 16.5. The summed E-state index contributed by atoms with van der Waals surface area (Å²) in [5.74, 6) is 1.47. The normalized spacial score (nSPS) is 15.5. The quantitative estimate of drug-likeness (QED) is 0.586. The number of hydrogen-bond donors (Lipinski definition) is 1. The van der Waals surface area contributed by atoms with Crippen LogP contribution < -0.4 is 10.1 Å². The highest BCUT2D eigenvalue weighted by Crippen LogP contribution is 2.27. The Labute approximate surface area is 192 Å². The zero-order valence-corrected chi connectivity index (χ0v) is 19.0. The molecular formula is C24H27N5O4. The molecular weight excluding hydrogens is 422 g/mol. The molecule has 9 nitrogen and oxygen atoms in total. The van der Waals surface area contributed by atoms with Gasteiger partial charge in [-0.05, 0) is 31.9 Å². The molecule has 33 heavy (non-hydrogen) atoms. The number of nitrogens with one attached hydrogen (secondary N) is 1. The van der Waals surface area contributed by atoms with Crippen LogP contribution in [0.1, 0.15) is 63.8 Å². The van der Waals surface area contributed by atoms with Crippen molar-refractivity contribution in [3.8, 4) is 5.75 Å². The summed E-state index contributed by atoms with van der Waals surface area (Å²) >= 11 is 0. The van der Waals surface area contributed by atoms with Crippen molar-refractivity contribution in [2.45, 2.75) is 39.0 Å². The summed E-state index contributed by atoms with van der Waals surface area (Å²) in [4.78, 5) is 36.3. The van der Waals surface area contributed by atoms with Crippen LogP contribution in [0.5, 0.6) is 5.75 Å². The van der Waals surface area contributed by atoms with Crippen molar-refractivity contribution in [2.75, 3.05) is 25.5 Å². The van der Waals surface area contributed by atoms with Crippen LogP contribution in [0.25, 0.3) is 0 Å². The largest absolute Gasteiger partial charge is 0.495 e. The summed E-state index contributed by atoms with van der Waals surface area (Å²) < 4.78 is 10.5. The highest BCUT2D eigenvalue weighted by molar-refractivity contribution is 6.05. The minimum Gasteiger partial charge on any atom is -0.495 e. The van der Waals surface area contributed by atoms with Gasteiger partial charge in [0.25, 0.3) is 11.8 Å². The van der Waals surface area contributed by atoms with Crippen molar-refractivity contribution in [1.82, 2.24) is 20.0 Å². The molecule has 2 amide bonds. The van der Waals surface area contributed by atoms with Crippen LogP contribution >= 0.6 is 0 Å². The Morgan fingerprint density at radius 3 is 2.88 bits per heavy atom. The molecule has 1 aromatic carbocycles. The number of aromatic nitrogens is 3. The second-order valence-electron chi connectivity index (χ2n) is 8.05. The monoisotopic (exact) mass is 449 g/mol. The molecule has 3 aromatic rings. The van der Waals surface area contributed by atoms with Crippen LogP contribution in [0.2, 0.25) is 0 Å². The number of methoxy groups -OCH3 is 1. The third-order valence-corrected chi connectivity index (χ3v) is 5.71. The molecule has 0 radical (unpaired) electrons. The first-order valence-electron chi connectivity index (χ1n) is 11.0. The van der Waals surface area contributed by atoms with Crippen molar-refractivity contribution in [3.05, 3.63) is 65.1 Å². The first-order chi connectivity index (χ1) is 16.0. The molecule has 0 aliphatic carbocycles. The minimum absolute atomic E-state index is 0.000918. The number of anilines is 1. The number of aryl methyl sites for hydroxylation is 2. The molecule has 1 N–H and O–H groups in total. The van der Waals surface area contributed by atoms with Gasteiger partial charge in [0, 0.05) is 37.7 Å². The van der Waals surface area contributed by atoms with Gasteiger partial charge in [-0.2, -0.15) is 0 Å². The smallest absolute Gasteiger partial charge is 0.276 e. The van der Waals surface area contributed by atoms with E-state index in [1.807, 2.05) is 19.1 Å². The van der Waals surface area contributed by atoms with Gasteiger partial charge >= 0.3 is 0 Å². The summed E-state index contributed by atoms with van der Waals surface area (Å²) in [6.45, 7) is 4.92. The van der Waals surface area contributed by atoms with Crippen LogP contribution in [0, 0.1) is 6.92 Å². The SMILES string of the molecule is CCCc1cc(C(=O)N2CC[C@@H](c3ncc(C(=O)Nc4ccccc4OC)c(C)n3)C2)no1. The Bertz CT molecular complexity index is 1160. The lowest BCUT2D eigenvalue weighted by molar-refractivity contribution is 0.0780. The molecule has 3 heterocycles. The van der Waals surface area contributed by atoms with Gasteiger partial charge < -0.3 is 19.5 Å². The maximum absolute atomic E-state index is 12.8. The van der Waals surface area contributed by atoms with E-state index < -0.39 is 0 Å². The van der Waals surface area contributed by atoms with Crippen LogP contribution in [-0.2, 0) is 6.42 Å². The Balaban J connectivity index is 1.42. The van der Waals surface area contributed by atoms with E-state index in [-0.39, 0.29) is 17.7 Å². The fourth-order valence-electron chi connectivity index (χ4n) is 3.94. The van der Waals surface area contributed by atoms with E-state index in [1.165, 1.54) is 0 Å². The average Bonchev–Trinajstić information content (AvgIpc) is 3.49. The van der Waals surface area contributed by atoms with E-state index in [4.69, 9.17) is 9.26 Å². The molecule has 0 bridgehead atoms. The second kappa shape index (κ2) is 9.81. The number of ether oxygens (including phenoxy) is 1. The van der Waals surface area contributed by atoms with E-state index in [9.17, 15) is 9.59 Å². The molecule has 9 heteroatoms. The average molecular weight is 450 g/mol. The molecule has 1 fully saturated rings. The predicted molar refractivity (Wildman–Crippen MR) is 121 cm³/mol. The molecule has 1 aliphatic rings. The summed E-state index contributed by atoms with van der Waals surface area (Å²) in [5, 5.41) is 6.76. The number of carbonyl (C=O) groups excluding carboxylic acids is 2. The molecule has 0 unspecified atom stereocenters. The number of rotatable bonds is 7. The van der Waals surface area contributed by atoms with Crippen molar-refractivity contribution in [2.24, 2.45) is 0 Å². The fourth-order valence-corrected chi connectivity index (χ4v) is 3.94. The number of hydrogen-bond acceptors (Lipinski definition) is 7. The summed E-state index contributed by atoms with van der Waals surface area (Å²) in [7, 11) is 1.55. The molecule has 1 atom stereocenters. The van der Waals surface area contributed by atoms with E-state index >= 15 is 0 Å². The fraction of sp³-hybridized carbons (Fsp3) is 0.375. The molecule has 2 aromatic heterocycles. The number of carbonyl (C=O) groups is 2. The Morgan fingerprint density at radius 2 is 2.12 bits per heavy atom. The standard InChI is InChI=1S/C24H27N5O4/c1-4-7-17-12-20(28-33-17)24(31)29-11-10-16(14-29)22-25-13-18(15(2)26-22)23(30)27-19-8-5-6-9-21(19)32-3/h5-6,8-9,12-13,16H,4,7,10-11,14H2,1-3H3,(H,27,30)/t16-/m1/s1. The summed E-state index contributed by atoms with van der Waals surface area (Å²) in [6.07, 6.45) is 3.98. The molecule has 0 saturated carbocycles. The number of nitrogens with zero attached hydrogens (tertiary/aromatic N) is 4. The van der Waals surface area contributed by atoms with Gasteiger partial charge in [-0.15, -0.1) is 0 Å². The van der Waals surface area contributed by atoms with Crippen LogP contribution in [-0.4, -0.2) is 52.0 Å². The van der Waals surface area contributed by atoms with E-state index in [2.05, 4.69) is 20.4 Å². The van der Waals surface area contributed by atoms with E-state index in [0.29, 0.717) is 47.3 Å². The van der Waals surface area contributed by atoms with Crippen LogP contribution in [0.3, 0.4) is 0 Å². The van der Waals surface area contributed by atoms with Gasteiger partial charge in [-0.25, -0.2) is 9.97 Å². The molecule has 1 aliphatic heterocycles. The van der Waals surface area contributed by atoms with Gasteiger partial charge in [0.1, 0.15) is 17.3 Å². The van der Waals surface area contributed by atoms with Crippen molar-refractivity contribution < 1.29 is 18.8 Å². The number of amides is 2. The summed E-state index contributed by atoms with van der Waals surface area (Å²) in [5.41, 5.74) is 1.88. The number of benzene rings is 1. The van der Waals surface area contributed by atoms with E-state index in [0.717, 1.165) is 25.0 Å². The molecule has 172 valence electrons. The van der Waals surface area contributed by atoms with Gasteiger partial charge in [-0.1, -0.05) is 24.2 Å². The Morgan fingerprint density at radius 1 is 1.30 bits per heavy atom. The lowest BCUT2D eigenvalue weighted by atomic mass is 10.1. The topological polar surface area (TPSA) is 110 Å². The van der Waals surface area contributed by atoms with Crippen molar-refractivity contribution in [3.63, 3.8) is 0 Å². The maximum atomic E-state index is 12.8. The zero-order chi connectivity index (χ0) is 23.4. The third-order valence-electron chi connectivity index (χ3n) is 5.71. The van der Waals surface area contributed by atoms with Gasteiger partial charge in [-0.3, -0.25) is 9.59 Å². The first-order valence-corrected chi connectivity index (χ1v) is 11.0. The Kier molecular flexibility index (Phi) is 6.67. The van der Waals surface area contributed by atoms with Crippen molar-refractivity contribution >= 4 is 17.5 Å². The first kappa shape index (κ1) is 22.4. The van der Waals surface area contributed by atoms with Gasteiger partial charge in [0.15, 0.2) is 5.69 Å². The van der Waals surface area contributed by atoms with Crippen molar-refractivity contribution in [1.29, 1.82) is 0 Å². The lowest BCUT2D eigenvalue weighted by Gasteiger charge is -2.15. The molecule has 0 spiro atoms. The van der Waals surface area contributed by atoms with Crippen LogP contribution in [0.4, 0.5) is 5.69 Å². The second-order valence-corrected chi connectivity index (χ2v) is 8.05. The highest BCUT2D eigenvalue weighted by Gasteiger charge is 2.31. The number of para-hydroxylation sites is 2. The minimum atomic E-state index is -0.305. The zero-order valence-electron chi connectivity index (χ0n) is 19.0. The molecule has 1 saturated heterocycles. The van der Waals surface area contributed by atoms with Crippen LogP contribution in [0.15, 0.2) is 41.1 Å². The molecule has 4 rings (SSSR count). The Hall–Kier alpha value is -3.75. The predicted octanol–water partition coefficient (Wildman–Crippen LogP) is 3.62. The maximum Gasteiger partial charge on any atom is 0.276 e. The third kappa shape index (κ3) is 4.87. The van der Waals surface area contributed by atoms with Gasteiger partial charge in [0.2, 0.25) is 0 Å². The van der Waals surface area contributed by atoms with Gasteiger partial charge in [0.05, 0.1) is 24.1 Å². The summed E-state index contributed by atoms with van der Waals surface area (Å²) in [6, 6.07) is 8.92.